The first-order chi connectivity index (χ1) is 13.7. The largest absolute Gasteiger partial charge is 0.464 e. The molecule has 0 N–H and O–H groups in total. The Kier molecular flexibility index (Phi) is 5.11. The lowest BCUT2D eigenvalue weighted by Crippen LogP contribution is -2.31. The second-order valence-corrected chi connectivity index (χ2v) is 6.79. The molecule has 2 heterocycles. The maximum Gasteiger partial charge on any atom is 0.196 e. The second-order valence-electron chi connectivity index (χ2n) is 6.79. The van der Waals surface area contributed by atoms with Crippen LogP contribution >= 0.6 is 0 Å². The Morgan fingerprint density at radius 1 is 1.04 bits per heavy atom. The lowest BCUT2D eigenvalue weighted by molar-refractivity contribution is 0.280. The Morgan fingerprint density at radius 3 is 2.50 bits per heavy atom. The number of nitrogens with zero attached hydrogens (tertiary/aromatic N) is 2. The van der Waals surface area contributed by atoms with Gasteiger partial charge in [0.1, 0.15) is 5.75 Å². The molecule has 0 aliphatic carbocycles. The maximum atomic E-state index is 6.12. The van der Waals surface area contributed by atoms with Crippen molar-refractivity contribution in [2.45, 2.75) is 32.9 Å². The lowest BCUT2D eigenvalue weighted by atomic mass is 10.2. The first kappa shape index (κ1) is 18.2. The van der Waals surface area contributed by atoms with Crippen molar-refractivity contribution in [3.05, 3.63) is 84.9 Å². The molecular formula is C24H26N2O2. The van der Waals surface area contributed by atoms with Crippen molar-refractivity contribution in [1.29, 1.82) is 0 Å². The summed E-state index contributed by atoms with van der Waals surface area (Å²) in [6.45, 7) is 9.33. The van der Waals surface area contributed by atoms with E-state index >= 15 is 0 Å². The molecule has 0 saturated heterocycles. The van der Waals surface area contributed by atoms with Crippen LogP contribution in [-0.4, -0.2) is 12.8 Å². The van der Waals surface area contributed by atoms with Crippen molar-refractivity contribution in [3.63, 3.8) is 0 Å². The number of ether oxygens (including phenoxy) is 2. The van der Waals surface area contributed by atoms with Crippen molar-refractivity contribution in [2.75, 3.05) is 16.3 Å². The number of hydrogen-bond acceptors (Lipinski definition) is 4. The fourth-order valence-corrected chi connectivity index (χ4v) is 3.62. The van der Waals surface area contributed by atoms with Gasteiger partial charge < -0.3 is 19.3 Å². The molecule has 0 radical (unpaired) electrons. The maximum absolute atomic E-state index is 6.12. The van der Waals surface area contributed by atoms with E-state index in [0.717, 1.165) is 53.8 Å². The van der Waals surface area contributed by atoms with E-state index in [1.165, 1.54) is 0 Å². The van der Waals surface area contributed by atoms with E-state index in [1.807, 2.05) is 36.4 Å². The van der Waals surface area contributed by atoms with E-state index in [1.54, 1.807) is 0 Å². The van der Waals surface area contributed by atoms with Gasteiger partial charge in [-0.25, -0.2) is 0 Å². The Morgan fingerprint density at radius 2 is 1.75 bits per heavy atom. The monoisotopic (exact) mass is 374 g/mol. The molecule has 1 unspecified atom stereocenters. The van der Waals surface area contributed by atoms with Crippen LogP contribution in [0.15, 0.2) is 84.9 Å². The van der Waals surface area contributed by atoms with Gasteiger partial charge in [0.2, 0.25) is 0 Å². The SMILES string of the molecule is C=C(CC)N1c2ccccc2OC1C=CCC=C1Oc2ccccc2N1CC. The van der Waals surface area contributed by atoms with Crippen molar-refractivity contribution in [2.24, 2.45) is 0 Å². The molecule has 2 aliphatic rings. The van der Waals surface area contributed by atoms with Gasteiger partial charge in [-0.2, -0.15) is 0 Å². The minimum atomic E-state index is -0.160. The summed E-state index contributed by atoms with van der Waals surface area (Å²) >= 11 is 0. The molecule has 4 rings (SSSR count). The first-order valence-corrected chi connectivity index (χ1v) is 9.86. The lowest BCUT2D eigenvalue weighted by Gasteiger charge is -2.24. The third-order valence-corrected chi connectivity index (χ3v) is 5.06. The van der Waals surface area contributed by atoms with Gasteiger partial charge in [0.25, 0.3) is 0 Å². The summed E-state index contributed by atoms with van der Waals surface area (Å²) in [5.74, 6) is 2.70. The summed E-state index contributed by atoms with van der Waals surface area (Å²) in [4.78, 5) is 4.36. The van der Waals surface area contributed by atoms with Crippen molar-refractivity contribution >= 4 is 11.4 Å². The predicted octanol–water partition coefficient (Wildman–Crippen LogP) is 5.84. The van der Waals surface area contributed by atoms with Crippen LogP contribution in [0.4, 0.5) is 11.4 Å². The molecule has 28 heavy (non-hydrogen) atoms. The summed E-state index contributed by atoms with van der Waals surface area (Å²) in [5, 5.41) is 0. The standard InChI is InChI=1S/C24H26N2O2/c1-4-18(3)26-20-13-7-9-15-22(20)28-24(26)17-11-10-16-23-25(5-2)19-12-6-8-14-21(19)27-23/h6-9,11-17,24H,3-5,10H2,1-2H3. The molecule has 0 aromatic heterocycles. The van der Waals surface area contributed by atoms with E-state index in [9.17, 15) is 0 Å². The van der Waals surface area contributed by atoms with Gasteiger partial charge in [-0.3, -0.25) is 0 Å². The van der Waals surface area contributed by atoms with Crippen LogP contribution in [0.5, 0.6) is 11.5 Å². The number of hydrogen-bond donors (Lipinski definition) is 0. The van der Waals surface area contributed by atoms with Gasteiger partial charge in [0.05, 0.1) is 11.4 Å². The number of anilines is 2. The van der Waals surface area contributed by atoms with Gasteiger partial charge >= 0.3 is 0 Å². The summed E-state index contributed by atoms with van der Waals surface area (Å²) in [7, 11) is 0. The fraction of sp³-hybridized carbons (Fsp3) is 0.250. The number of allylic oxidation sites excluding steroid dienone is 3. The van der Waals surface area contributed by atoms with E-state index in [0.29, 0.717) is 0 Å². The molecule has 0 bridgehead atoms. The van der Waals surface area contributed by atoms with Crippen LogP contribution in [0.2, 0.25) is 0 Å². The van der Waals surface area contributed by atoms with Gasteiger partial charge in [-0.1, -0.05) is 43.8 Å². The molecule has 2 aromatic rings. The molecule has 4 nitrogen and oxygen atoms in total. The van der Waals surface area contributed by atoms with E-state index in [-0.39, 0.29) is 6.23 Å². The van der Waals surface area contributed by atoms with Crippen LogP contribution in [0, 0.1) is 0 Å². The number of fused-ring (bicyclic) bond motifs is 2. The van der Waals surface area contributed by atoms with E-state index < -0.39 is 0 Å². The van der Waals surface area contributed by atoms with Crippen molar-refractivity contribution in [3.8, 4) is 11.5 Å². The minimum Gasteiger partial charge on any atom is -0.464 e. The summed E-state index contributed by atoms with van der Waals surface area (Å²) in [5.41, 5.74) is 3.25. The summed E-state index contributed by atoms with van der Waals surface area (Å²) in [6.07, 6.45) is 7.82. The van der Waals surface area contributed by atoms with Gasteiger partial charge in [0, 0.05) is 12.2 Å². The molecule has 0 fully saturated rings. The second kappa shape index (κ2) is 7.85. The average Bonchev–Trinajstić information content (AvgIpc) is 3.28. The molecule has 1 atom stereocenters. The smallest absolute Gasteiger partial charge is 0.196 e. The molecule has 144 valence electrons. The Bertz CT molecular complexity index is 932. The normalized spacial score (nSPS) is 18.9. The highest BCUT2D eigenvalue weighted by Gasteiger charge is 2.30. The topological polar surface area (TPSA) is 24.9 Å². The third-order valence-electron chi connectivity index (χ3n) is 5.06. The quantitative estimate of drug-likeness (QED) is 0.593. The van der Waals surface area contributed by atoms with E-state index in [4.69, 9.17) is 9.47 Å². The summed E-state index contributed by atoms with van der Waals surface area (Å²) < 4.78 is 12.1. The van der Waals surface area contributed by atoms with Crippen molar-refractivity contribution < 1.29 is 9.47 Å². The van der Waals surface area contributed by atoms with Crippen LogP contribution in [0.25, 0.3) is 0 Å². The van der Waals surface area contributed by atoms with Crippen LogP contribution in [0.3, 0.4) is 0 Å². The van der Waals surface area contributed by atoms with Gasteiger partial charge in [-0.15, -0.1) is 0 Å². The van der Waals surface area contributed by atoms with Gasteiger partial charge in [0.15, 0.2) is 17.9 Å². The summed E-state index contributed by atoms with van der Waals surface area (Å²) in [6, 6.07) is 16.2. The highest BCUT2D eigenvalue weighted by molar-refractivity contribution is 5.67. The molecule has 4 heteroatoms. The molecule has 0 spiro atoms. The molecule has 2 aromatic carbocycles. The Hall–Kier alpha value is -3.14. The van der Waals surface area contributed by atoms with Crippen LogP contribution < -0.4 is 19.3 Å². The van der Waals surface area contributed by atoms with Crippen molar-refractivity contribution in [1.82, 2.24) is 0 Å². The molecule has 0 saturated carbocycles. The number of para-hydroxylation sites is 4. The van der Waals surface area contributed by atoms with Gasteiger partial charge in [-0.05, 0) is 56.2 Å². The van der Waals surface area contributed by atoms with Crippen LogP contribution in [-0.2, 0) is 0 Å². The minimum absolute atomic E-state index is 0.160. The predicted molar refractivity (Wildman–Crippen MR) is 115 cm³/mol. The Balaban J connectivity index is 1.47. The van der Waals surface area contributed by atoms with Crippen LogP contribution in [0.1, 0.15) is 26.7 Å². The molecule has 2 aliphatic heterocycles. The number of rotatable bonds is 6. The highest BCUT2D eigenvalue weighted by atomic mass is 16.5. The van der Waals surface area contributed by atoms with E-state index in [2.05, 4.69) is 60.6 Å². The zero-order chi connectivity index (χ0) is 19.5. The average molecular weight is 374 g/mol. The molecule has 0 amide bonds. The third kappa shape index (κ3) is 3.26. The highest BCUT2D eigenvalue weighted by Crippen LogP contribution is 2.40. The zero-order valence-electron chi connectivity index (χ0n) is 16.5. The Labute approximate surface area is 167 Å². The first-order valence-electron chi connectivity index (χ1n) is 9.86. The number of benzene rings is 2. The zero-order valence-corrected chi connectivity index (χ0v) is 16.5. The molecular weight excluding hydrogens is 348 g/mol. The fourth-order valence-electron chi connectivity index (χ4n) is 3.62.